The highest BCUT2D eigenvalue weighted by atomic mass is 32.2. The van der Waals surface area contributed by atoms with E-state index in [4.69, 9.17) is 9.15 Å². The van der Waals surface area contributed by atoms with Gasteiger partial charge in [-0.3, -0.25) is 14.4 Å². The van der Waals surface area contributed by atoms with Crippen molar-refractivity contribution in [3.63, 3.8) is 0 Å². The number of nitrogens with one attached hydrogen (secondary N) is 2. The molecule has 0 fully saturated rings. The van der Waals surface area contributed by atoms with Gasteiger partial charge in [-0.25, -0.2) is 8.42 Å². The minimum absolute atomic E-state index is 0.113. The molecule has 0 saturated heterocycles. The molecule has 1 aromatic heterocycles. The van der Waals surface area contributed by atoms with E-state index >= 15 is 0 Å². The van der Waals surface area contributed by atoms with E-state index in [2.05, 4.69) is 10.0 Å². The molecule has 0 aliphatic heterocycles. The zero-order chi connectivity index (χ0) is 29.2. The lowest BCUT2D eigenvalue weighted by Crippen LogP contribution is -2.60. The summed E-state index contributed by atoms with van der Waals surface area (Å²) >= 11 is 0. The van der Waals surface area contributed by atoms with Gasteiger partial charge in [0, 0.05) is 22.9 Å². The van der Waals surface area contributed by atoms with Crippen molar-refractivity contribution in [3.8, 4) is 0 Å². The number of ketones is 1. The molecule has 2 atom stereocenters. The van der Waals surface area contributed by atoms with Crippen LogP contribution in [0.25, 0.3) is 16.5 Å². The molecule has 0 bridgehead atoms. The maximum atomic E-state index is 14.0. The summed E-state index contributed by atoms with van der Waals surface area (Å²) in [5.41, 5.74) is 2.80. The van der Waals surface area contributed by atoms with Crippen LogP contribution in [0.15, 0.2) is 71.2 Å². The van der Waals surface area contributed by atoms with E-state index in [-0.39, 0.29) is 18.0 Å². The molecular weight excluding hydrogens is 532 g/mol. The number of aryl methyl sites for hydroxylation is 1. The van der Waals surface area contributed by atoms with E-state index < -0.39 is 38.7 Å². The van der Waals surface area contributed by atoms with Crippen molar-refractivity contribution in [2.75, 3.05) is 7.11 Å². The van der Waals surface area contributed by atoms with Crippen molar-refractivity contribution in [2.24, 2.45) is 5.92 Å². The lowest BCUT2D eigenvalue weighted by molar-refractivity contribution is -0.143. The lowest BCUT2D eigenvalue weighted by atomic mass is 9.96. The van der Waals surface area contributed by atoms with Crippen molar-refractivity contribution < 1.29 is 32.0 Å². The first-order valence-electron chi connectivity index (χ1n) is 12.8. The average molecular weight is 565 g/mol. The molecule has 0 radical (unpaired) electrons. The Morgan fingerprint density at radius 2 is 1.75 bits per heavy atom. The second-order valence-electron chi connectivity index (χ2n) is 10.1. The summed E-state index contributed by atoms with van der Waals surface area (Å²) in [6, 6.07) is 13.2. The summed E-state index contributed by atoms with van der Waals surface area (Å²) in [5.74, 6) is -2.27. The summed E-state index contributed by atoms with van der Waals surface area (Å²) in [6.07, 6.45) is 4.62. The SMILES string of the molecule is COC(=O)[C@@H](NS(=O)(=O)C1(NC(=O)c2oc3cccc(C(C)=O)c3c2C)C=CC(c2ccccc2)=CC1)C(C)C. The second-order valence-corrected chi connectivity index (χ2v) is 12.0. The molecule has 2 aromatic carbocycles. The third-order valence-corrected chi connectivity index (χ3v) is 8.94. The summed E-state index contributed by atoms with van der Waals surface area (Å²) in [6.45, 7) is 6.43. The van der Waals surface area contributed by atoms with E-state index in [1.165, 1.54) is 20.1 Å². The number of Topliss-reactive ketones (excluding diaryl/α,β-unsaturated/α-hetero) is 1. The van der Waals surface area contributed by atoms with Crippen LogP contribution in [0.5, 0.6) is 0 Å². The maximum Gasteiger partial charge on any atom is 0.324 e. The van der Waals surface area contributed by atoms with E-state index in [1.54, 1.807) is 51.1 Å². The van der Waals surface area contributed by atoms with Crippen LogP contribution in [0.2, 0.25) is 0 Å². The van der Waals surface area contributed by atoms with Crippen LogP contribution in [0.4, 0.5) is 0 Å². The molecule has 40 heavy (non-hydrogen) atoms. The van der Waals surface area contributed by atoms with E-state index in [0.29, 0.717) is 22.1 Å². The molecule has 2 N–H and O–H groups in total. The molecule has 210 valence electrons. The number of sulfonamides is 1. The van der Waals surface area contributed by atoms with Gasteiger partial charge in [0.15, 0.2) is 16.4 Å². The molecule has 1 amide bonds. The van der Waals surface area contributed by atoms with Crippen LogP contribution >= 0.6 is 0 Å². The number of ether oxygens (including phenoxy) is 1. The number of hydrogen-bond donors (Lipinski definition) is 2. The first-order chi connectivity index (χ1) is 18.9. The second kappa shape index (κ2) is 11.2. The van der Waals surface area contributed by atoms with E-state index in [9.17, 15) is 22.8 Å². The first-order valence-corrected chi connectivity index (χ1v) is 14.3. The third-order valence-electron chi connectivity index (χ3n) is 7.01. The van der Waals surface area contributed by atoms with Crippen molar-refractivity contribution in [1.29, 1.82) is 0 Å². The molecule has 3 aromatic rings. The van der Waals surface area contributed by atoms with Gasteiger partial charge in [0.05, 0.1) is 7.11 Å². The maximum absolute atomic E-state index is 14.0. The van der Waals surface area contributed by atoms with Crippen molar-refractivity contribution >= 4 is 44.2 Å². The Morgan fingerprint density at radius 1 is 1.05 bits per heavy atom. The molecule has 1 aliphatic rings. The highest BCUT2D eigenvalue weighted by Gasteiger charge is 2.47. The lowest BCUT2D eigenvalue weighted by Gasteiger charge is -2.34. The smallest absolute Gasteiger partial charge is 0.324 e. The average Bonchev–Trinajstić information content (AvgIpc) is 3.28. The number of furan rings is 1. The number of carbonyl (C=O) groups excluding carboxylic acids is 3. The number of allylic oxidation sites excluding steroid dienone is 2. The fourth-order valence-electron chi connectivity index (χ4n) is 4.74. The highest BCUT2D eigenvalue weighted by Crippen LogP contribution is 2.33. The molecule has 0 spiro atoms. The van der Waals surface area contributed by atoms with E-state index in [0.717, 1.165) is 11.1 Å². The number of fused-ring (bicyclic) bond motifs is 1. The molecule has 10 heteroatoms. The Morgan fingerprint density at radius 3 is 2.33 bits per heavy atom. The van der Waals surface area contributed by atoms with Gasteiger partial charge in [0.25, 0.3) is 5.91 Å². The van der Waals surface area contributed by atoms with Crippen LogP contribution < -0.4 is 10.0 Å². The monoisotopic (exact) mass is 564 g/mol. The largest absolute Gasteiger partial charge is 0.468 e. The Kier molecular flexibility index (Phi) is 8.13. The van der Waals surface area contributed by atoms with Crippen LogP contribution in [-0.4, -0.2) is 44.1 Å². The van der Waals surface area contributed by atoms with E-state index in [1.807, 2.05) is 30.3 Å². The number of rotatable bonds is 9. The van der Waals surface area contributed by atoms with Gasteiger partial charge in [-0.2, -0.15) is 4.72 Å². The fourth-order valence-corrected chi connectivity index (χ4v) is 6.43. The summed E-state index contributed by atoms with van der Waals surface area (Å²) < 4.78 is 41.0. The fraction of sp³-hybridized carbons (Fsp3) is 0.300. The topological polar surface area (TPSA) is 132 Å². The van der Waals surface area contributed by atoms with Gasteiger partial charge in [0.1, 0.15) is 11.6 Å². The quantitative estimate of drug-likeness (QED) is 0.288. The van der Waals surface area contributed by atoms with Gasteiger partial charge in [-0.05, 0) is 43.0 Å². The molecule has 1 heterocycles. The Labute approximate surface area is 233 Å². The standard InChI is InChI=1S/C30H32N2O7S/c1-18(2)26(29(35)38-5)32-40(36,37)30(16-14-22(15-17-30)21-10-7-6-8-11-21)31-28(34)27-19(3)25-23(20(4)33)12-9-13-24(25)39-27/h6-16,18,26,32H,17H2,1-5H3,(H,31,34)/t26-,30?/m0/s1. The zero-order valence-electron chi connectivity index (χ0n) is 23.0. The highest BCUT2D eigenvalue weighted by molar-refractivity contribution is 7.91. The van der Waals surface area contributed by atoms with Crippen LogP contribution in [0.1, 0.15) is 59.2 Å². The molecule has 1 unspecified atom stereocenters. The number of esters is 1. The Balaban J connectivity index is 1.77. The molecular formula is C30H32N2O7S. The number of benzene rings is 2. The van der Waals surface area contributed by atoms with Crippen molar-refractivity contribution in [1.82, 2.24) is 10.0 Å². The minimum Gasteiger partial charge on any atom is -0.468 e. The van der Waals surface area contributed by atoms with Crippen LogP contribution in [0.3, 0.4) is 0 Å². The van der Waals surface area contributed by atoms with Gasteiger partial charge >= 0.3 is 5.97 Å². The summed E-state index contributed by atoms with van der Waals surface area (Å²) in [7, 11) is -3.25. The predicted octanol–water partition coefficient (Wildman–Crippen LogP) is 4.53. The predicted molar refractivity (Wildman–Crippen MR) is 152 cm³/mol. The first kappa shape index (κ1) is 29.0. The van der Waals surface area contributed by atoms with Gasteiger partial charge in [0.2, 0.25) is 10.0 Å². The third kappa shape index (κ3) is 5.37. The minimum atomic E-state index is -4.43. The number of hydrogen-bond acceptors (Lipinski definition) is 7. The molecule has 9 nitrogen and oxygen atoms in total. The normalized spacial score (nSPS) is 17.9. The van der Waals surface area contributed by atoms with Gasteiger partial charge in [-0.15, -0.1) is 0 Å². The molecule has 0 saturated carbocycles. The Hall–Kier alpha value is -4.02. The number of methoxy groups -OCH3 is 1. The van der Waals surface area contributed by atoms with Gasteiger partial charge in [-0.1, -0.05) is 68.5 Å². The number of amides is 1. The number of carbonyl (C=O) groups is 3. The Bertz CT molecular complexity index is 1630. The summed E-state index contributed by atoms with van der Waals surface area (Å²) in [4.78, 5) is 36.3. The van der Waals surface area contributed by atoms with Gasteiger partial charge < -0.3 is 14.5 Å². The molecule has 1 aliphatic carbocycles. The van der Waals surface area contributed by atoms with Crippen LogP contribution in [0, 0.1) is 12.8 Å². The summed E-state index contributed by atoms with van der Waals surface area (Å²) in [5, 5.41) is 3.15. The van der Waals surface area contributed by atoms with Crippen LogP contribution in [-0.2, 0) is 19.6 Å². The van der Waals surface area contributed by atoms with Crippen molar-refractivity contribution in [2.45, 2.75) is 45.0 Å². The van der Waals surface area contributed by atoms with Crippen molar-refractivity contribution in [3.05, 3.63) is 89.2 Å². The zero-order valence-corrected chi connectivity index (χ0v) is 23.8. The molecule has 4 rings (SSSR count).